The molecular formula is C38H48N2O12. The van der Waals surface area contributed by atoms with Crippen molar-refractivity contribution in [1.29, 1.82) is 0 Å². The number of ether oxygens (including phenoxy) is 4. The summed E-state index contributed by atoms with van der Waals surface area (Å²) in [7, 11) is 2.74. The number of methoxy groups -OCH3 is 1. The molecule has 0 fully saturated rings. The van der Waals surface area contributed by atoms with Crippen molar-refractivity contribution in [2.75, 3.05) is 19.7 Å². The molecule has 282 valence electrons. The molecule has 1 aromatic rings. The van der Waals surface area contributed by atoms with Crippen molar-refractivity contribution in [1.82, 2.24) is 5.32 Å². The Morgan fingerprint density at radius 3 is 2.23 bits per heavy atom. The lowest BCUT2D eigenvalue weighted by Gasteiger charge is -2.38. The van der Waals surface area contributed by atoms with Crippen LogP contribution in [0.15, 0.2) is 47.9 Å². The summed E-state index contributed by atoms with van der Waals surface area (Å²) in [4.78, 5) is 72.3. The van der Waals surface area contributed by atoms with Gasteiger partial charge in [0, 0.05) is 61.8 Å². The minimum Gasteiger partial charge on any atom is -0.462 e. The number of ketones is 3. The van der Waals surface area contributed by atoms with Crippen LogP contribution in [0.4, 0.5) is 5.69 Å². The van der Waals surface area contributed by atoms with Crippen LogP contribution in [0, 0.1) is 30.6 Å². The number of carbonyl (C=O) groups excluding carboxylic acids is 5. The standard InChI is InChI=1S/C38H48N2O12/c1-17-12-11-13-18(2)37(47)39-24-16-25(42)27-28(33(24)45)30(40-49-10)20(4)35-29(27)36(46)38(8,52-35)50-15-14-26(48-9)19(3)34(51-23(7)41)22(6)32(44)21(5)31(17)43/h11-17,19,21-22,26,31-32,34,40,43-44H,1-10H3,(H,39,47)/b12-11+,15-14+,18-13-/t17-,19+,21+,22+,26-,31-,32+,34+,38-/m0/s1. The fourth-order valence-electron chi connectivity index (χ4n) is 6.87. The van der Waals surface area contributed by atoms with E-state index in [1.807, 2.05) is 0 Å². The lowest BCUT2D eigenvalue weighted by molar-refractivity contribution is -0.160. The van der Waals surface area contributed by atoms with Crippen molar-refractivity contribution in [3.05, 3.63) is 70.2 Å². The van der Waals surface area contributed by atoms with Gasteiger partial charge in [0.15, 0.2) is 5.78 Å². The van der Waals surface area contributed by atoms with Gasteiger partial charge in [-0.3, -0.25) is 34.3 Å². The van der Waals surface area contributed by atoms with Crippen molar-refractivity contribution in [3.63, 3.8) is 0 Å². The van der Waals surface area contributed by atoms with Crippen LogP contribution in [0.5, 0.6) is 5.75 Å². The highest BCUT2D eigenvalue weighted by atomic mass is 16.7. The Kier molecular flexibility index (Phi) is 12.3. The van der Waals surface area contributed by atoms with Gasteiger partial charge in [-0.25, -0.2) is 0 Å². The number of aliphatic hydroxyl groups is 2. The van der Waals surface area contributed by atoms with Gasteiger partial charge in [-0.05, 0) is 19.9 Å². The van der Waals surface area contributed by atoms with Crippen LogP contribution in [0.1, 0.15) is 85.1 Å². The van der Waals surface area contributed by atoms with E-state index in [0.717, 1.165) is 6.08 Å². The van der Waals surface area contributed by atoms with Crippen molar-refractivity contribution in [3.8, 4) is 5.75 Å². The predicted octanol–water partition coefficient (Wildman–Crippen LogP) is 3.90. The van der Waals surface area contributed by atoms with Gasteiger partial charge in [0.1, 0.15) is 11.9 Å². The zero-order valence-corrected chi connectivity index (χ0v) is 31.1. The van der Waals surface area contributed by atoms with Gasteiger partial charge in [-0.2, -0.15) is 0 Å². The molecule has 0 unspecified atom stereocenters. The first-order chi connectivity index (χ1) is 24.4. The van der Waals surface area contributed by atoms with Crippen molar-refractivity contribution < 1.29 is 58.0 Å². The van der Waals surface area contributed by atoms with E-state index >= 15 is 0 Å². The minimum atomic E-state index is -1.99. The molecule has 14 heteroatoms. The number of benzene rings is 1. The number of carbonyl (C=O) groups is 5. The van der Waals surface area contributed by atoms with E-state index in [9.17, 15) is 34.2 Å². The molecule has 4 N–H and O–H groups in total. The Labute approximate surface area is 302 Å². The summed E-state index contributed by atoms with van der Waals surface area (Å²) in [6.45, 7) is 12.6. The number of rotatable bonds is 4. The Hall–Kier alpha value is -4.63. The van der Waals surface area contributed by atoms with Crippen LogP contribution < -0.4 is 15.5 Å². The van der Waals surface area contributed by atoms with Gasteiger partial charge < -0.3 is 34.5 Å². The molecule has 1 amide bonds. The molecule has 9 atom stereocenters. The average molecular weight is 725 g/mol. The van der Waals surface area contributed by atoms with Gasteiger partial charge in [0.25, 0.3) is 11.7 Å². The molecule has 0 spiro atoms. The highest BCUT2D eigenvalue weighted by Crippen LogP contribution is 2.47. The first kappa shape index (κ1) is 40.1. The summed E-state index contributed by atoms with van der Waals surface area (Å²) in [5.41, 5.74) is 2.23. The van der Waals surface area contributed by atoms with Gasteiger partial charge in [0.05, 0.1) is 59.8 Å². The third kappa shape index (κ3) is 7.61. The molecule has 4 aliphatic rings. The van der Waals surface area contributed by atoms with E-state index in [4.69, 9.17) is 23.8 Å². The van der Waals surface area contributed by atoms with Gasteiger partial charge in [0.2, 0.25) is 5.78 Å². The van der Waals surface area contributed by atoms with Crippen LogP contribution in [-0.4, -0.2) is 83.9 Å². The number of nitrogens with one attached hydrogen (secondary N) is 2. The van der Waals surface area contributed by atoms with Crippen LogP contribution >= 0.6 is 0 Å². The largest absolute Gasteiger partial charge is 0.462 e. The first-order valence-corrected chi connectivity index (χ1v) is 17.0. The normalized spacial score (nSPS) is 33.5. The molecule has 0 aromatic heterocycles. The Bertz CT molecular complexity index is 1760. The number of allylic oxidation sites excluding steroid dienone is 4. The zero-order valence-electron chi connectivity index (χ0n) is 31.1. The summed E-state index contributed by atoms with van der Waals surface area (Å²) in [6, 6.07) is 0. The molecule has 3 heterocycles. The number of hydrogen-bond donors (Lipinski definition) is 4. The molecular weight excluding hydrogens is 676 g/mol. The minimum absolute atomic E-state index is 0.00254. The second-order valence-electron chi connectivity index (χ2n) is 13.7. The number of Topliss-reactive ketones (excluding diaryl/α,β-unsaturated/α-hetero) is 2. The molecule has 5 rings (SSSR count). The third-order valence-corrected chi connectivity index (χ3v) is 10.0. The maximum absolute atomic E-state index is 14.1. The molecule has 0 saturated heterocycles. The molecule has 52 heavy (non-hydrogen) atoms. The third-order valence-electron chi connectivity index (χ3n) is 10.0. The van der Waals surface area contributed by atoms with E-state index in [1.54, 1.807) is 46.8 Å². The molecule has 3 aliphatic heterocycles. The number of anilines is 1. The molecule has 0 radical (unpaired) electrons. The van der Waals surface area contributed by atoms with E-state index in [0.29, 0.717) is 0 Å². The van der Waals surface area contributed by atoms with E-state index in [-0.39, 0.29) is 45.0 Å². The number of hydrogen-bond acceptors (Lipinski definition) is 13. The fourth-order valence-corrected chi connectivity index (χ4v) is 6.87. The second kappa shape index (κ2) is 15.9. The van der Waals surface area contributed by atoms with Crippen LogP contribution in [0.2, 0.25) is 0 Å². The fraction of sp³-hybridized carbons (Fsp3) is 0.500. The summed E-state index contributed by atoms with van der Waals surface area (Å²) < 4.78 is 23.4. The zero-order chi connectivity index (χ0) is 38.8. The van der Waals surface area contributed by atoms with Crippen molar-refractivity contribution >= 4 is 34.9 Å². The maximum atomic E-state index is 14.1. The number of amides is 1. The highest BCUT2D eigenvalue weighted by molar-refractivity contribution is 6.31. The van der Waals surface area contributed by atoms with Crippen molar-refractivity contribution in [2.24, 2.45) is 23.7 Å². The summed E-state index contributed by atoms with van der Waals surface area (Å²) in [5, 5.41) is 25.1. The second-order valence-corrected chi connectivity index (χ2v) is 13.7. The molecule has 5 bridgehead atoms. The first-order valence-electron chi connectivity index (χ1n) is 17.0. The molecule has 1 aliphatic carbocycles. The van der Waals surface area contributed by atoms with Gasteiger partial charge in [-0.1, -0.05) is 45.9 Å². The van der Waals surface area contributed by atoms with E-state index in [1.165, 1.54) is 53.4 Å². The molecule has 0 saturated carbocycles. The average Bonchev–Trinajstić information content (AvgIpc) is 3.36. The summed E-state index contributed by atoms with van der Waals surface area (Å²) in [6.07, 6.45) is 4.55. The maximum Gasteiger partial charge on any atom is 0.312 e. The van der Waals surface area contributed by atoms with Crippen LogP contribution in [-0.2, 0) is 28.6 Å². The quantitative estimate of drug-likeness (QED) is 0.258. The molecule has 14 nitrogen and oxygen atoms in total. The van der Waals surface area contributed by atoms with Crippen molar-refractivity contribution in [2.45, 2.75) is 85.6 Å². The Balaban J connectivity index is 1.86. The van der Waals surface area contributed by atoms with Crippen LogP contribution in [0.3, 0.4) is 0 Å². The van der Waals surface area contributed by atoms with E-state index < -0.39 is 83.1 Å². The predicted molar refractivity (Wildman–Crippen MR) is 188 cm³/mol. The SMILES string of the molecule is CONc1c(C)c2c3c4c1C(=O)C(=CC4=O)NC(=O)/C(C)=C\C=C\[C@H](C)[C@H](O)[C@@H](C)[C@@H](O)[C@@H](C)[C@H](OC(C)=O)[C@H](C)[C@@H](OC)/C=C/O[C@@](C)(O2)C3=O. The molecule has 1 aromatic carbocycles. The summed E-state index contributed by atoms with van der Waals surface area (Å²) >= 11 is 0. The highest BCUT2D eigenvalue weighted by Gasteiger charge is 2.51. The Morgan fingerprint density at radius 1 is 0.942 bits per heavy atom. The smallest absolute Gasteiger partial charge is 0.312 e. The van der Waals surface area contributed by atoms with E-state index in [2.05, 4.69) is 10.8 Å². The topological polar surface area (TPSA) is 196 Å². The lowest BCUT2D eigenvalue weighted by atomic mass is 9.78. The van der Waals surface area contributed by atoms with Gasteiger partial charge >= 0.3 is 11.8 Å². The summed E-state index contributed by atoms with van der Waals surface area (Å²) in [5.74, 6) is -7.87. The number of fused-ring (bicyclic) bond motifs is 14. The lowest BCUT2D eigenvalue weighted by Crippen LogP contribution is -2.46. The number of aliphatic hydroxyl groups excluding tert-OH is 2. The van der Waals surface area contributed by atoms with Crippen LogP contribution in [0.25, 0.3) is 0 Å². The Morgan fingerprint density at radius 2 is 1.62 bits per heavy atom. The monoisotopic (exact) mass is 724 g/mol. The van der Waals surface area contributed by atoms with Gasteiger partial charge in [-0.15, -0.1) is 0 Å². The number of esters is 1.